The largest absolute Gasteiger partial charge is 0.357 e. The van der Waals surface area contributed by atoms with Crippen LogP contribution in [0, 0.1) is 0 Å². The van der Waals surface area contributed by atoms with Crippen LogP contribution in [0.5, 0.6) is 0 Å². The molecule has 0 bridgehead atoms. The monoisotopic (exact) mass is 263 g/mol. The Labute approximate surface area is 116 Å². The summed E-state index contributed by atoms with van der Waals surface area (Å²) in [5.41, 5.74) is 1.17. The molecule has 0 aliphatic rings. The van der Waals surface area contributed by atoms with E-state index in [1.165, 1.54) is 5.56 Å². The van der Waals surface area contributed by atoms with Crippen LogP contribution in [0.25, 0.3) is 0 Å². The zero-order valence-corrected chi connectivity index (χ0v) is 12.3. The molecule has 19 heavy (non-hydrogen) atoms. The first kappa shape index (κ1) is 15.5. The Bertz CT molecular complexity index is 389. The summed E-state index contributed by atoms with van der Waals surface area (Å²) < 4.78 is 0. The molecule has 0 atom stereocenters. The quantitative estimate of drug-likeness (QED) is 0.783. The molecular weight excluding hydrogens is 238 g/mol. The van der Waals surface area contributed by atoms with Crippen LogP contribution < -0.4 is 10.2 Å². The van der Waals surface area contributed by atoms with Crippen LogP contribution in [0.3, 0.4) is 0 Å². The molecule has 0 saturated heterocycles. The number of hydrogen-bond acceptors (Lipinski definition) is 3. The fraction of sp³-hybridized carbons (Fsp3) is 0.600. The molecule has 0 unspecified atom stereocenters. The maximum atomic E-state index is 11.6. The van der Waals surface area contributed by atoms with E-state index >= 15 is 0 Å². The van der Waals surface area contributed by atoms with Gasteiger partial charge in [-0.25, -0.2) is 4.98 Å². The van der Waals surface area contributed by atoms with Crippen molar-refractivity contribution in [2.24, 2.45) is 0 Å². The van der Waals surface area contributed by atoms with Crippen LogP contribution in [0.2, 0.25) is 0 Å². The number of anilines is 1. The fourth-order valence-corrected chi connectivity index (χ4v) is 1.95. The molecule has 1 aromatic heterocycles. The van der Waals surface area contributed by atoms with Gasteiger partial charge in [-0.05, 0) is 44.4 Å². The molecule has 1 amide bonds. The van der Waals surface area contributed by atoms with Crippen molar-refractivity contribution < 1.29 is 4.79 Å². The fourth-order valence-electron chi connectivity index (χ4n) is 1.95. The molecule has 0 radical (unpaired) electrons. The summed E-state index contributed by atoms with van der Waals surface area (Å²) >= 11 is 0. The minimum Gasteiger partial charge on any atom is -0.357 e. The van der Waals surface area contributed by atoms with E-state index in [-0.39, 0.29) is 5.91 Å². The molecule has 0 saturated carbocycles. The minimum atomic E-state index is 0.128. The van der Waals surface area contributed by atoms with Gasteiger partial charge in [0.25, 0.3) is 0 Å². The van der Waals surface area contributed by atoms with Crippen molar-refractivity contribution in [3.63, 3.8) is 0 Å². The van der Waals surface area contributed by atoms with Crippen molar-refractivity contribution in [2.75, 3.05) is 24.5 Å². The molecule has 4 heteroatoms. The Kier molecular flexibility index (Phi) is 6.93. The lowest BCUT2D eigenvalue weighted by molar-refractivity contribution is -0.121. The van der Waals surface area contributed by atoms with Crippen LogP contribution in [-0.4, -0.2) is 30.5 Å². The highest BCUT2D eigenvalue weighted by atomic mass is 16.1. The molecule has 0 spiro atoms. The van der Waals surface area contributed by atoms with Gasteiger partial charge in [0.2, 0.25) is 5.91 Å². The Morgan fingerprint density at radius 2 is 2.05 bits per heavy atom. The van der Waals surface area contributed by atoms with E-state index in [1.54, 1.807) is 0 Å². The van der Waals surface area contributed by atoms with Crippen molar-refractivity contribution >= 4 is 11.7 Å². The molecule has 1 heterocycles. The number of aromatic nitrogens is 1. The Hall–Kier alpha value is -1.58. The number of amides is 1. The lowest BCUT2D eigenvalue weighted by atomic mass is 10.1. The number of nitrogens with one attached hydrogen (secondary N) is 1. The summed E-state index contributed by atoms with van der Waals surface area (Å²) in [6, 6.07) is 4.07. The normalized spacial score (nSPS) is 10.3. The molecular formula is C15H25N3O. The first-order valence-corrected chi connectivity index (χ1v) is 7.17. The molecule has 1 N–H and O–H groups in total. The van der Waals surface area contributed by atoms with Gasteiger partial charge in [-0.3, -0.25) is 4.79 Å². The number of carbonyl (C=O) groups is 1. The molecule has 0 fully saturated rings. The second kappa shape index (κ2) is 8.51. The Balaban J connectivity index is 2.55. The second-order valence-electron chi connectivity index (χ2n) is 4.54. The summed E-state index contributed by atoms with van der Waals surface area (Å²) in [4.78, 5) is 18.2. The highest BCUT2D eigenvalue weighted by Crippen LogP contribution is 2.13. The van der Waals surface area contributed by atoms with E-state index in [9.17, 15) is 4.79 Å². The first-order valence-electron chi connectivity index (χ1n) is 7.17. The van der Waals surface area contributed by atoms with Crippen molar-refractivity contribution in [1.82, 2.24) is 10.3 Å². The van der Waals surface area contributed by atoms with Gasteiger partial charge < -0.3 is 10.2 Å². The van der Waals surface area contributed by atoms with E-state index in [0.717, 1.165) is 38.3 Å². The average Bonchev–Trinajstić information content (AvgIpc) is 2.45. The number of rotatable bonds is 8. The molecule has 0 aliphatic carbocycles. The zero-order chi connectivity index (χ0) is 14.1. The SMILES string of the molecule is CCCNC(=O)CCc1ccnc(N(CC)CC)c1. The predicted molar refractivity (Wildman–Crippen MR) is 79.4 cm³/mol. The van der Waals surface area contributed by atoms with Gasteiger partial charge in [-0.1, -0.05) is 6.92 Å². The predicted octanol–water partition coefficient (Wildman–Crippen LogP) is 2.39. The lowest BCUT2D eigenvalue weighted by Gasteiger charge is -2.20. The Morgan fingerprint density at radius 3 is 2.68 bits per heavy atom. The van der Waals surface area contributed by atoms with Crippen LogP contribution >= 0.6 is 0 Å². The van der Waals surface area contributed by atoms with Gasteiger partial charge in [0.1, 0.15) is 5.82 Å². The number of aryl methyl sites for hydroxylation is 1. The topological polar surface area (TPSA) is 45.2 Å². The van der Waals surface area contributed by atoms with Gasteiger partial charge in [-0.15, -0.1) is 0 Å². The van der Waals surface area contributed by atoms with Crippen molar-refractivity contribution in [2.45, 2.75) is 40.0 Å². The third-order valence-electron chi connectivity index (χ3n) is 3.11. The van der Waals surface area contributed by atoms with Crippen molar-refractivity contribution in [1.29, 1.82) is 0 Å². The van der Waals surface area contributed by atoms with Crippen molar-refractivity contribution in [3.05, 3.63) is 23.9 Å². The van der Waals surface area contributed by atoms with Crippen LogP contribution in [0.15, 0.2) is 18.3 Å². The summed E-state index contributed by atoms with van der Waals surface area (Å²) in [6.45, 7) is 8.96. The maximum absolute atomic E-state index is 11.6. The smallest absolute Gasteiger partial charge is 0.220 e. The summed E-state index contributed by atoms with van der Waals surface area (Å²) in [5, 5.41) is 2.90. The molecule has 1 aromatic rings. The van der Waals surface area contributed by atoms with E-state index in [0.29, 0.717) is 6.42 Å². The molecule has 0 aliphatic heterocycles. The Morgan fingerprint density at radius 1 is 1.32 bits per heavy atom. The van der Waals surface area contributed by atoms with Gasteiger partial charge in [0, 0.05) is 32.3 Å². The number of hydrogen-bond donors (Lipinski definition) is 1. The van der Waals surface area contributed by atoms with E-state index in [4.69, 9.17) is 0 Å². The maximum Gasteiger partial charge on any atom is 0.220 e. The van der Waals surface area contributed by atoms with E-state index in [2.05, 4.69) is 42.0 Å². The number of pyridine rings is 1. The minimum absolute atomic E-state index is 0.128. The van der Waals surface area contributed by atoms with Gasteiger partial charge in [0.15, 0.2) is 0 Å². The molecule has 106 valence electrons. The third kappa shape index (κ3) is 5.28. The number of nitrogens with zero attached hydrogens (tertiary/aromatic N) is 2. The van der Waals surface area contributed by atoms with Crippen LogP contribution in [0.1, 0.15) is 39.2 Å². The average molecular weight is 263 g/mol. The van der Waals surface area contributed by atoms with Gasteiger partial charge >= 0.3 is 0 Å². The third-order valence-corrected chi connectivity index (χ3v) is 3.11. The standard InChI is InChI=1S/C15H25N3O/c1-4-10-17-15(19)8-7-13-9-11-16-14(12-13)18(5-2)6-3/h9,11-12H,4-8,10H2,1-3H3,(H,17,19). The van der Waals surface area contributed by atoms with Gasteiger partial charge in [0.05, 0.1) is 0 Å². The molecule has 4 nitrogen and oxygen atoms in total. The second-order valence-corrected chi connectivity index (χ2v) is 4.54. The first-order chi connectivity index (χ1) is 9.21. The van der Waals surface area contributed by atoms with Crippen LogP contribution in [0.4, 0.5) is 5.82 Å². The van der Waals surface area contributed by atoms with Crippen molar-refractivity contribution in [3.8, 4) is 0 Å². The van der Waals surface area contributed by atoms with E-state index in [1.807, 2.05) is 12.3 Å². The highest BCUT2D eigenvalue weighted by molar-refractivity contribution is 5.76. The summed E-state index contributed by atoms with van der Waals surface area (Å²) in [5.74, 6) is 1.12. The highest BCUT2D eigenvalue weighted by Gasteiger charge is 2.06. The van der Waals surface area contributed by atoms with E-state index < -0.39 is 0 Å². The summed E-state index contributed by atoms with van der Waals surface area (Å²) in [7, 11) is 0. The van der Waals surface area contributed by atoms with Crippen LogP contribution in [-0.2, 0) is 11.2 Å². The molecule has 1 rings (SSSR count). The van der Waals surface area contributed by atoms with Gasteiger partial charge in [-0.2, -0.15) is 0 Å². The zero-order valence-electron chi connectivity index (χ0n) is 12.3. The number of carbonyl (C=O) groups excluding carboxylic acids is 1. The molecule has 0 aromatic carbocycles. The lowest BCUT2D eigenvalue weighted by Crippen LogP contribution is -2.24. The summed E-state index contributed by atoms with van der Waals surface area (Å²) in [6.07, 6.45) is 4.12.